The minimum absolute atomic E-state index is 1.07. The Morgan fingerprint density at radius 2 is 0.615 bits per heavy atom. The molecule has 0 spiro atoms. The predicted molar refractivity (Wildman–Crippen MR) is 277 cm³/mol. The molecule has 0 fully saturated rings. The SMILES string of the molecule is c1ccc(-c2cc(-c3ccccc3)cc(-c3ccc(N(c4cccc(-c5cccc6ccccc56)c4)c4ccccc4-c4ccccc4-c4ccccc4-c4ccccc4)cc3)c2)cc1. The summed E-state index contributed by atoms with van der Waals surface area (Å²) in [5.41, 5.74) is 19.8. The van der Waals surface area contributed by atoms with Crippen molar-refractivity contribution in [1.29, 1.82) is 0 Å². The molecule has 0 heterocycles. The number of rotatable bonds is 10. The monoisotopic (exact) mass is 827 g/mol. The van der Waals surface area contributed by atoms with Crippen LogP contribution in [0.5, 0.6) is 0 Å². The van der Waals surface area contributed by atoms with Crippen molar-refractivity contribution >= 4 is 27.8 Å². The maximum atomic E-state index is 2.43. The highest BCUT2D eigenvalue weighted by Gasteiger charge is 2.21. The van der Waals surface area contributed by atoms with E-state index >= 15 is 0 Å². The van der Waals surface area contributed by atoms with Gasteiger partial charge in [-0.3, -0.25) is 0 Å². The average Bonchev–Trinajstić information content (AvgIpc) is 3.39. The van der Waals surface area contributed by atoms with Gasteiger partial charge < -0.3 is 4.90 Å². The van der Waals surface area contributed by atoms with E-state index in [0.717, 1.165) is 28.2 Å². The van der Waals surface area contributed by atoms with Crippen LogP contribution in [-0.4, -0.2) is 0 Å². The minimum Gasteiger partial charge on any atom is -0.310 e. The van der Waals surface area contributed by atoms with E-state index in [1.54, 1.807) is 0 Å². The summed E-state index contributed by atoms with van der Waals surface area (Å²) in [7, 11) is 0. The molecule has 0 atom stereocenters. The van der Waals surface area contributed by atoms with Gasteiger partial charge in [-0.2, -0.15) is 0 Å². The maximum Gasteiger partial charge on any atom is 0.0540 e. The van der Waals surface area contributed by atoms with Crippen molar-refractivity contribution in [3.05, 3.63) is 273 Å². The zero-order chi connectivity index (χ0) is 43.4. The molecule has 0 amide bonds. The Morgan fingerprint density at radius 1 is 0.200 bits per heavy atom. The van der Waals surface area contributed by atoms with Gasteiger partial charge in [0.25, 0.3) is 0 Å². The number of anilines is 3. The molecule has 11 aromatic rings. The van der Waals surface area contributed by atoms with Gasteiger partial charge >= 0.3 is 0 Å². The standard InChI is InChI=1S/C64H45N/c1-4-20-46(21-5-1)52-42-53(47-22-6-2-7-23-47)44-54(43-52)48-38-40-55(41-39-48)65(56-29-18-28-51(45-56)59-36-19-27-50-26-10-11-30-57(50)59)64-37-17-16-35-63(64)62-34-15-14-33-61(62)60-32-13-12-31-58(60)49-24-8-3-9-25-49/h1-45H. The van der Waals surface area contributed by atoms with Crippen molar-refractivity contribution < 1.29 is 0 Å². The van der Waals surface area contributed by atoms with Gasteiger partial charge in [-0.15, -0.1) is 0 Å². The van der Waals surface area contributed by atoms with Crippen LogP contribution in [0.3, 0.4) is 0 Å². The second-order valence-corrected chi connectivity index (χ2v) is 16.5. The summed E-state index contributed by atoms with van der Waals surface area (Å²) < 4.78 is 0. The van der Waals surface area contributed by atoms with Crippen molar-refractivity contribution in [1.82, 2.24) is 0 Å². The fourth-order valence-electron chi connectivity index (χ4n) is 9.35. The first-order chi connectivity index (χ1) is 32.2. The molecular weight excluding hydrogens is 783 g/mol. The molecule has 0 saturated carbocycles. The Balaban J connectivity index is 1.08. The lowest BCUT2D eigenvalue weighted by molar-refractivity contribution is 1.28. The largest absolute Gasteiger partial charge is 0.310 e. The third kappa shape index (κ3) is 7.93. The van der Waals surface area contributed by atoms with Crippen LogP contribution < -0.4 is 4.90 Å². The van der Waals surface area contributed by atoms with E-state index in [2.05, 4.69) is 278 Å². The van der Waals surface area contributed by atoms with Crippen molar-refractivity contribution in [3.63, 3.8) is 0 Å². The molecule has 0 N–H and O–H groups in total. The highest BCUT2D eigenvalue weighted by molar-refractivity contribution is 6.00. The van der Waals surface area contributed by atoms with Crippen LogP contribution in [-0.2, 0) is 0 Å². The van der Waals surface area contributed by atoms with Crippen LogP contribution in [0.4, 0.5) is 17.1 Å². The van der Waals surface area contributed by atoms with E-state index < -0.39 is 0 Å². The number of fused-ring (bicyclic) bond motifs is 1. The lowest BCUT2D eigenvalue weighted by atomic mass is 9.88. The Kier molecular flexibility index (Phi) is 10.7. The van der Waals surface area contributed by atoms with Gasteiger partial charge in [0.1, 0.15) is 0 Å². The highest BCUT2D eigenvalue weighted by atomic mass is 15.1. The summed E-state index contributed by atoms with van der Waals surface area (Å²) in [6.45, 7) is 0. The van der Waals surface area contributed by atoms with Crippen LogP contribution >= 0.6 is 0 Å². The molecule has 306 valence electrons. The highest BCUT2D eigenvalue weighted by Crippen LogP contribution is 2.46. The molecule has 65 heavy (non-hydrogen) atoms. The summed E-state index contributed by atoms with van der Waals surface area (Å²) in [5.74, 6) is 0. The first-order valence-electron chi connectivity index (χ1n) is 22.3. The summed E-state index contributed by atoms with van der Waals surface area (Å²) in [4.78, 5) is 2.43. The summed E-state index contributed by atoms with van der Waals surface area (Å²) in [5, 5.41) is 2.47. The van der Waals surface area contributed by atoms with E-state index in [9.17, 15) is 0 Å². The Labute approximate surface area is 381 Å². The van der Waals surface area contributed by atoms with Gasteiger partial charge in [-0.05, 0) is 132 Å². The quantitative estimate of drug-likeness (QED) is 0.133. The smallest absolute Gasteiger partial charge is 0.0540 e. The van der Waals surface area contributed by atoms with Crippen LogP contribution in [0, 0.1) is 0 Å². The van der Waals surface area contributed by atoms with Gasteiger partial charge in [0.05, 0.1) is 5.69 Å². The normalized spacial score (nSPS) is 11.1. The molecule has 0 unspecified atom stereocenters. The maximum absolute atomic E-state index is 2.43. The molecule has 11 aromatic carbocycles. The summed E-state index contributed by atoms with van der Waals surface area (Å²) in [6.07, 6.45) is 0. The van der Waals surface area contributed by atoms with Crippen molar-refractivity contribution in [3.8, 4) is 77.9 Å². The van der Waals surface area contributed by atoms with Gasteiger partial charge in [-0.25, -0.2) is 0 Å². The van der Waals surface area contributed by atoms with Gasteiger partial charge in [0.2, 0.25) is 0 Å². The molecule has 0 bridgehead atoms. The lowest BCUT2D eigenvalue weighted by Gasteiger charge is -2.29. The number of hydrogen-bond donors (Lipinski definition) is 0. The first-order valence-corrected chi connectivity index (χ1v) is 22.3. The molecule has 0 saturated heterocycles. The van der Waals surface area contributed by atoms with Gasteiger partial charge in [-0.1, -0.05) is 224 Å². The van der Waals surface area contributed by atoms with Crippen molar-refractivity contribution in [2.45, 2.75) is 0 Å². The fraction of sp³-hybridized carbons (Fsp3) is 0. The van der Waals surface area contributed by atoms with Crippen LogP contribution in [0.2, 0.25) is 0 Å². The number of nitrogens with zero attached hydrogens (tertiary/aromatic N) is 1. The third-order valence-electron chi connectivity index (χ3n) is 12.5. The molecular formula is C64H45N. The zero-order valence-electron chi connectivity index (χ0n) is 35.9. The molecule has 0 aliphatic rings. The molecule has 0 radical (unpaired) electrons. The van der Waals surface area contributed by atoms with E-state index in [1.165, 1.54) is 77.5 Å². The van der Waals surface area contributed by atoms with Crippen LogP contribution in [0.1, 0.15) is 0 Å². The molecule has 0 aliphatic heterocycles. The van der Waals surface area contributed by atoms with E-state index in [0.29, 0.717) is 0 Å². The van der Waals surface area contributed by atoms with E-state index in [4.69, 9.17) is 0 Å². The molecule has 0 aliphatic carbocycles. The van der Waals surface area contributed by atoms with E-state index in [-0.39, 0.29) is 0 Å². The van der Waals surface area contributed by atoms with Crippen LogP contribution in [0.15, 0.2) is 273 Å². The molecule has 11 rings (SSSR count). The molecule has 0 aromatic heterocycles. The Morgan fingerprint density at radius 3 is 1.25 bits per heavy atom. The topological polar surface area (TPSA) is 3.24 Å². The minimum atomic E-state index is 1.07. The second-order valence-electron chi connectivity index (χ2n) is 16.5. The second kappa shape index (κ2) is 17.7. The Bertz CT molecular complexity index is 3340. The van der Waals surface area contributed by atoms with Gasteiger partial charge in [0.15, 0.2) is 0 Å². The summed E-state index contributed by atoms with van der Waals surface area (Å²) in [6, 6.07) is 98.9. The number of benzene rings is 11. The molecule has 1 heteroatoms. The Hall–Kier alpha value is -8.52. The number of hydrogen-bond acceptors (Lipinski definition) is 1. The van der Waals surface area contributed by atoms with Crippen molar-refractivity contribution in [2.75, 3.05) is 4.90 Å². The molecule has 1 nitrogen and oxygen atoms in total. The number of para-hydroxylation sites is 1. The fourth-order valence-corrected chi connectivity index (χ4v) is 9.35. The van der Waals surface area contributed by atoms with E-state index in [1.807, 2.05) is 0 Å². The average molecular weight is 828 g/mol. The lowest BCUT2D eigenvalue weighted by Crippen LogP contribution is -2.11. The predicted octanol–water partition coefficient (Wildman–Crippen LogP) is 18.0. The zero-order valence-corrected chi connectivity index (χ0v) is 35.9. The summed E-state index contributed by atoms with van der Waals surface area (Å²) >= 11 is 0. The van der Waals surface area contributed by atoms with Gasteiger partial charge in [0, 0.05) is 16.9 Å². The first kappa shape index (κ1) is 39.3. The van der Waals surface area contributed by atoms with Crippen molar-refractivity contribution in [2.24, 2.45) is 0 Å². The van der Waals surface area contributed by atoms with Crippen LogP contribution in [0.25, 0.3) is 88.7 Å². The third-order valence-corrected chi connectivity index (χ3v) is 12.5.